The molecule has 1 unspecified atom stereocenters. The number of hydrogen-bond acceptors (Lipinski definition) is 6. The molecule has 0 aliphatic carbocycles. The lowest BCUT2D eigenvalue weighted by Gasteiger charge is -2.28. The Morgan fingerprint density at radius 1 is 0.619 bits per heavy atom. The first kappa shape index (κ1) is 29.3. The van der Waals surface area contributed by atoms with Crippen molar-refractivity contribution in [1.82, 2.24) is 15.0 Å². The number of rotatable bonds is 12. The summed E-state index contributed by atoms with van der Waals surface area (Å²) in [5.74, 6) is 0. The molecule has 5 aromatic rings. The zero-order valence-electron chi connectivity index (χ0n) is 24.6. The Labute approximate surface area is 253 Å². The molecule has 3 heterocycles. The minimum absolute atomic E-state index is 0.279. The zero-order chi connectivity index (χ0) is 29.2. The van der Waals surface area contributed by atoms with Crippen molar-refractivity contribution in [3.05, 3.63) is 109 Å². The van der Waals surface area contributed by atoms with Crippen LogP contribution in [0.1, 0.15) is 52.9 Å². The van der Waals surface area contributed by atoms with Crippen LogP contribution in [0.4, 0.5) is 11.4 Å². The fourth-order valence-electron chi connectivity index (χ4n) is 5.00. The standard InChI is InChI=1S/C36H37N5S/c1-4-6-22-36(3,21-5-2)42-31-19-17-30(18-20-31)41-40-29-15-13-27(14-16-29)28-25-34(32-11-7-9-23-37-32)39-35(26-28)33-12-8-10-24-38-33/h7-20,23-26H,4-6,21-22H2,1-3H3. The molecular weight excluding hydrogens is 534 g/mol. The largest absolute Gasteiger partial charge is 0.255 e. The highest BCUT2D eigenvalue weighted by molar-refractivity contribution is 8.00. The highest BCUT2D eigenvalue weighted by atomic mass is 32.2. The van der Waals surface area contributed by atoms with Crippen LogP contribution >= 0.6 is 11.8 Å². The lowest BCUT2D eigenvalue weighted by Crippen LogP contribution is -2.19. The van der Waals surface area contributed by atoms with Gasteiger partial charge in [-0.2, -0.15) is 10.2 Å². The van der Waals surface area contributed by atoms with Gasteiger partial charge in [0.25, 0.3) is 0 Å². The van der Waals surface area contributed by atoms with Gasteiger partial charge in [-0.05, 0) is 96.8 Å². The van der Waals surface area contributed by atoms with Crippen LogP contribution in [-0.2, 0) is 0 Å². The topological polar surface area (TPSA) is 63.4 Å². The van der Waals surface area contributed by atoms with E-state index in [0.717, 1.165) is 45.3 Å². The van der Waals surface area contributed by atoms with Gasteiger partial charge >= 0.3 is 0 Å². The molecule has 1 atom stereocenters. The first-order chi connectivity index (χ1) is 20.5. The maximum Gasteiger partial charge on any atom is 0.0900 e. The van der Waals surface area contributed by atoms with E-state index in [1.54, 1.807) is 12.4 Å². The summed E-state index contributed by atoms with van der Waals surface area (Å²) < 4.78 is 0.279. The van der Waals surface area contributed by atoms with E-state index >= 15 is 0 Å². The highest BCUT2D eigenvalue weighted by Gasteiger charge is 2.24. The van der Waals surface area contributed by atoms with Gasteiger partial charge in [-0.15, -0.1) is 11.8 Å². The van der Waals surface area contributed by atoms with Crippen molar-refractivity contribution in [2.75, 3.05) is 0 Å². The second-order valence-corrected chi connectivity index (χ2v) is 12.4. The van der Waals surface area contributed by atoms with Gasteiger partial charge in [-0.25, -0.2) is 4.98 Å². The third-order valence-electron chi connectivity index (χ3n) is 7.20. The van der Waals surface area contributed by atoms with Gasteiger partial charge in [0, 0.05) is 22.0 Å². The Bertz CT molecular complexity index is 1530. The summed E-state index contributed by atoms with van der Waals surface area (Å²) in [7, 11) is 0. The molecule has 0 radical (unpaired) electrons. The Hall–Kier alpha value is -4.16. The number of nitrogens with zero attached hydrogens (tertiary/aromatic N) is 5. The lowest BCUT2D eigenvalue weighted by atomic mass is 9.98. The van der Waals surface area contributed by atoms with Crippen molar-refractivity contribution < 1.29 is 0 Å². The molecular formula is C36H37N5S. The van der Waals surface area contributed by atoms with Gasteiger partial charge < -0.3 is 0 Å². The highest BCUT2D eigenvalue weighted by Crippen LogP contribution is 2.40. The number of thioether (sulfide) groups is 1. The van der Waals surface area contributed by atoms with E-state index in [1.807, 2.05) is 60.3 Å². The van der Waals surface area contributed by atoms with Gasteiger partial charge in [-0.1, -0.05) is 64.3 Å². The summed E-state index contributed by atoms with van der Waals surface area (Å²) >= 11 is 1.99. The van der Waals surface area contributed by atoms with Crippen LogP contribution in [-0.4, -0.2) is 19.7 Å². The molecule has 2 aromatic carbocycles. The van der Waals surface area contributed by atoms with E-state index in [2.05, 4.69) is 89.5 Å². The maximum atomic E-state index is 4.87. The molecule has 0 saturated heterocycles. The van der Waals surface area contributed by atoms with Gasteiger partial charge in [0.05, 0.1) is 34.2 Å². The van der Waals surface area contributed by atoms with Crippen LogP contribution in [0.25, 0.3) is 33.9 Å². The molecule has 3 aromatic heterocycles. The molecule has 5 nitrogen and oxygen atoms in total. The molecule has 0 bridgehead atoms. The van der Waals surface area contributed by atoms with Crippen molar-refractivity contribution in [3.63, 3.8) is 0 Å². The molecule has 0 N–H and O–H groups in total. The second-order valence-electron chi connectivity index (χ2n) is 10.7. The summed E-state index contributed by atoms with van der Waals surface area (Å²) in [4.78, 5) is 15.2. The maximum absolute atomic E-state index is 4.87. The van der Waals surface area contributed by atoms with E-state index in [4.69, 9.17) is 4.98 Å². The summed E-state index contributed by atoms with van der Waals surface area (Å²) in [6.45, 7) is 6.94. The number of azo groups is 1. The van der Waals surface area contributed by atoms with Gasteiger partial charge in [-0.3, -0.25) is 9.97 Å². The van der Waals surface area contributed by atoms with Crippen molar-refractivity contribution in [1.29, 1.82) is 0 Å². The second kappa shape index (κ2) is 14.1. The van der Waals surface area contributed by atoms with Crippen LogP contribution in [0.2, 0.25) is 0 Å². The molecule has 0 amide bonds. The van der Waals surface area contributed by atoms with Crippen molar-refractivity contribution in [2.24, 2.45) is 10.2 Å². The SMILES string of the molecule is CCCCC(C)(CCC)Sc1ccc(N=Nc2ccc(-c3cc(-c4ccccn4)nc(-c4ccccn4)c3)cc2)cc1. The van der Waals surface area contributed by atoms with Crippen molar-refractivity contribution in [3.8, 4) is 33.9 Å². The summed E-state index contributed by atoms with van der Waals surface area (Å²) in [6.07, 6.45) is 9.75. The molecule has 42 heavy (non-hydrogen) atoms. The Kier molecular flexibility index (Phi) is 9.88. The van der Waals surface area contributed by atoms with Crippen LogP contribution in [0.3, 0.4) is 0 Å². The predicted octanol–water partition coefficient (Wildman–Crippen LogP) is 11.1. The Morgan fingerprint density at radius 2 is 1.19 bits per heavy atom. The van der Waals surface area contributed by atoms with Crippen molar-refractivity contribution in [2.45, 2.75) is 62.5 Å². The van der Waals surface area contributed by atoms with E-state index in [1.165, 1.54) is 37.0 Å². The average molecular weight is 572 g/mol. The molecule has 0 fully saturated rings. The molecule has 0 saturated carbocycles. The number of pyridine rings is 3. The van der Waals surface area contributed by atoms with Gasteiger partial charge in [0.2, 0.25) is 0 Å². The Morgan fingerprint density at radius 3 is 1.69 bits per heavy atom. The predicted molar refractivity (Wildman–Crippen MR) is 175 cm³/mol. The summed E-state index contributed by atoms with van der Waals surface area (Å²) in [5, 5.41) is 9.00. The molecule has 0 aliphatic rings. The number of unbranched alkanes of at least 4 members (excludes halogenated alkanes) is 1. The first-order valence-electron chi connectivity index (χ1n) is 14.7. The average Bonchev–Trinajstić information content (AvgIpc) is 3.04. The van der Waals surface area contributed by atoms with Crippen LogP contribution in [0.5, 0.6) is 0 Å². The van der Waals surface area contributed by atoms with Gasteiger partial charge in [0.15, 0.2) is 0 Å². The third kappa shape index (κ3) is 7.77. The third-order valence-corrected chi connectivity index (χ3v) is 8.61. The smallest absolute Gasteiger partial charge is 0.0900 e. The summed E-state index contributed by atoms with van der Waals surface area (Å²) in [6, 6.07) is 32.4. The minimum atomic E-state index is 0.279. The number of benzene rings is 2. The lowest BCUT2D eigenvalue weighted by molar-refractivity contribution is 0.511. The monoisotopic (exact) mass is 571 g/mol. The fraction of sp³-hybridized carbons (Fsp3) is 0.250. The molecule has 5 rings (SSSR count). The minimum Gasteiger partial charge on any atom is -0.255 e. The molecule has 212 valence electrons. The molecule has 6 heteroatoms. The normalized spacial score (nSPS) is 12.8. The van der Waals surface area contributed by atoms with E-state index < -0.39 is 0 Å². The fourth-order valence-corrected chi connectivity index (χ4v) is 6.39. The number of aromatic nitrogens is 3. The molecule has 0 aliphatic heterocycles. The van der Waals surface area contributed by atoms with Crippen LogP contribution < -0.4 is 0 Å². The van der Waals surface area contributed by atoms with E-state index in [-0.39, 0.29) is 4.75 Å². The molecule has 0 spiro atoms. The summed E-state index contributed by atoms with van der Waals surface area (Å²) in [5.41, 5.74) is 7.00. The van der Waals surface area contributed by atoms with Crippen molar-refractivity contribution >= 4 is 23.1 Å². The van der Waals surface area contributed by atoms with E-state index in [9.17, 15) is 0 Å². The quantitative estimate of drug-likeness (QED) is 0.110. The van der Waals surface area contributed by atoms with E-state index in [0.29, 0.717) is 0 Å². The van der Waals surface area contributed by atoms with Crippen LogP contribution in [0.15, 0.2) is 125 Å². The van der Waals surface area contributed by atoms with Crippen LogP contribution in [0, 0.1) is 0 Å². The number of hydrogen-bond donors (Lipinski definition) is 0. The Balaban J connectivity index is 1.33. The zero-order valence-corrected chi connectivity index (χ0v) is 25.4. The van der Waals surface area contributed by atoms with Gasteiger partial charge in [0.1, 0.15) is 0 Å². The first-order valence-corrected chi connectivity index (χ1v) is 15.5.